The molecule has 2 aromatic carbocycles. The van der Waals surface area contributed by atoms with E-state index < -0.39 is 0 Å². The van der Waals surface area contributed by atoms with E-state index in [-0.39, 0.29) is 23.3 Å². The molecule has 1 saturated heterocycles. The van der Waals surface area contributed by atoms with E-state index in [1.54, 1.807) is 4.57 Å². The van der Waals surface area contributed by atoms with Crippen molar-refractivity contribution in [2.45, 2.75) is 43.9 Å². The summed E-state index contributed by atoms with van der Waals surface area (Å²) in [6.45, 7) is 6.96. The van der Waals surface area contributed by atoms with Gasteiger partial charge in [-0.25, -0.2) is 4.98 Å². The number of hydrogen-bond acceptors (Lipinski definition) is 6. The lowest BCUT2D eigenvalue weighted by atomic mass is 10.0. The Morgan fingerprint density at radius 2 is 1.83 bits per heavy atom. The maximum atomic E-state index is 13.3. The summed E-state index contributed by atoms with van der Waals surface area (Å²) in [7, 11) is 0. The molecule has 0 saturated carbocycles. The maximum absolute atomic E-state index is 13.3. The van der Waals surface area contributed by atoms with Crippen LogP contribution in [-0.4, -0.2) is 59.0 Å². The third-order valence-electron chi connectivity index (χ3n) is 6.23. The summed E-state index contributed by atoms with van der Waals surface area (Å²) in [5.41, 5.74) is 1.73. The third-order valence-corrected chi connectivity index (χ3v) is 7.21. The SMILES string of the molecule is CCCC(NC(=O)CSc1nc2ccccc2c(=O)n1CCCN1CCOCC1)c1ccccc1. The van der Waals surface area contributed by atoms with Crippen molar-refractivity contribution in [2.75, 3.05) is 38.6 Å². The number of thioether (sulfide) groups is 1. The molecule has 8 heteroatoms. The summed E-state index contributed by atoms with van der Waals surface area (Å²) >= 11 is 1.33. The van der Waals surface area contributed by atoms with Gasteiger partial charge >= 0.3 is 0 Å². The van der Waals surface area contributed by atoms with E-state index in [4.69, 9.17) is 9.72 Å². The smallest absolute Gasteiger partial charge is 0.262 e. The molecular weight excluding hydrogens is 460 g/mol. The largest absolute Gasteiger partial charge is 0.379 e. The molecule has 1 aliphatic rings. The minimum atomic E-state index is -0.0559. The highest BCUT2D eigenvalue weighted by molar-refractivity contribution is 7.99. The molecule has 4 rings (SSSR count). The molecule has 7 nitrogen and oxygen atoms in total. The van der Waals surface area contributed by atoms with Crippen molar-refractivity contribution in [1.29, 1.82) is 0 Å². The lowest BCUT2D eigenvalue weighted by Gasteiger charge is -2.26. The van der Waals surface area contributed by atoms with Crippen LogP contribution in [0.25, 0.3) is 10.9 Å². The van der Waals surface area contributed by atoms with Gasteiger partial charge in [-0.3, -0.25) is 19.1 Å². The second-order valence-electron chi connectivity index (χ2n) is 8.78. The van der Waals surface area contributed by atoms with Crippen LogP contribution in [0.15, 0.2) is 64.5 Å². The standard InChI is InChI=1S/C27H34N4O3S/c1-2-9-23(21-10-4-3-5-11-21)28-25(32)20-35-27-29-24-13-7-6-12-22(24)26(33)31(27)15-8-14-30-16-18-34-19-17-30/h3-7,10-13,23H,2,8-9,14-20H2,1H3,(H,28,32). The number of benzene rings is 2. The average molecular weight is 495 g/mol. The first-order valence-electron chi connectivity index (χ1n) is 12.4. The molecule has 1 fully saturated rings. The molecule has 0 radical (unpaired) electrons. The van der Waals surface area contributed by atoms with Gasteiger partial charge in [0.1, 0.15) is 0 Å². The van der Waals surface area contributed by atoms with E-state index in [9.17, 15) is 9.59 Å². The monoisotopic (exact) mass is 494 g/mol. The van der Waals surface area contributed by atoms with Crippen molar-refractivity contribution in [1.82, 2.24) is 19.8 Å². The molecule has 3 aromatic rings. The van der Waals surface area contributed by atoms with E-state index in [2.05, 4.69) is 17.1 Å². The Morgan fingerprint density at radius 3 is 2.60 bits per heavy atom. The maximum Gasteiger partial charge on any atom is 0.262 e. The Kier molecular flexibility index (Phi) is 9.34. The fourth-order valence-electron chi connectivity index (χ4n) is 4.39. The zero-order valence-corrected chi connectivity index (χ0v) is 21.1. The molecule has 0 spiro atoms. The Balaban J connectivity index is 1.46. The number of rotatable bonds is 11. The van der Waals surface area contributed by atoms with Crippen LogP contribution in [-0.2, 0) is 16.1 Å². The van der Waals surface area contributed by atoms with Gasteiger partial charge in [-0.05, 0) is 30.5 Å². The van der Waals surface area contributed by atoms with Gasteiger partial charge in [0.15, 0.2) is 5.16 Å². The van der Waals surface area contributed by atoms with E-state index in [0.29, 0.717) is 22.6 Å². The van der Waals surface area contributed by atoms with Gasteiger partial charge in [-0.2, -0.15) is 0 Å². The number of hydrogen-bond donors (Lipinski definition) is 1. The fraction of sp³-hybridized carbons (Fsp3) is 0.444. The molecule has 2 heterocycles. The lowest BCUT2D eigenvalue weighted by molar-refractivity contribution is -0.119. The van der Waals surface area contributed by atoms with E-state index in [1.807, 2.05) is 54.6 Å². The van der Waals surface area contributed by atoms with Gasteiger partial charge in [0.25, 0.3) is 5.56 Å². The van der Waals surface area contributed by atoms with Gasteiger partial charge in [-0.1, -0.05) is 67.6 Å². The highest BCUT2D eigenvalue weighted by atomic mass is 32.2. The van der Waals surface area contributed by atoms with Crippen molar-refractivity contribution in [2.24, 2.45) is 0 Å². The average Bonchev–Trinajstić information content (AvgIpc) is 2.90. The molecule has 0 bridgehead atoms. The number of ether oxygens (including phenoxy) is 1. The van der Waals surface area contributed by atoms with Gasteiger partial charge in [-0.15, -0.1) is 0 Å². The minimum Gasteiger partial charge on any atom is -0.379 e. The normalized spacial score (nSPS) is 15.2. The van der Waals surface area contributed by atoms with Crippen LogP contribution in [0.5, 0.6) is 0 Å². The minimum absolute atomic E-state index is 0.0189. The molecule has 1 N–H and O–H groups in total. The van der Waals surface area contributed by atoms with Crippen molar-refractivity contribution in [3.63, 3.8) is 0 Å². The van der Waals surface area contributed by atoms with Crippen LogP contribution in [0.4, 0.5) is 0 Å². The van der Waals surface area contributed by atoms with Crippen LogP contribution in [0.2, 0.25) is 0 Å². The molecule has 1 amide bonds. The van der Waals surface area contributed by atoms with Crippen molar-refractivity contribution in [3.8, 4) is 0 Å². The summed E-state index contributed by atoms with van der Waals surface area (Å²) in [6, 6.07) is 17.5. The van der Waals surface area contributed by atoms with Gasteiger partial charge in [0.2, 0.25) is 5.91 Å². The van der Waals surface area contributed by atoms with E-state index in [0.717, 1.165) is 57.7 Å². The van der Waals surface area contributed by atoms with Crippen LogP contribution in [0, 0.1) is 0 Å². The number of amides is 1. The van der Waals surface area contributed by atoms with Crippen molar-refractivity contribution >= 4 is 28.6 Å². The summed E-state index contributed by atoms with van der Waals surface area (Å²) < 4.78 is 7.17. The number of carbonyl (C=O) groups is 1. The number of nitrogens with zero attached hydrogens (tertiary/aromatic N) is 3. The van der Waals surface area contributed by atoms with Crippen molar-refractivity contribution < 1.29 is 9.53 Å². The molecular formula is C27H34N4O3S. The first-order chi connectivity index (χ1) is 17.2. The topological polar surface area (TPSA) is 76.5 Å². The second-order valence-corrected chi connectivity index (χ2v) is 9.73. The predicted octanol–water partition coefficient (Wildman–Crippen LogP) is 3.87. The second kappa shape index (κ2) is 12.9. The van der Waals surface area contributed by atoms with Gasteiger partial charge < -0.3 is 10.1 Å². The van der Waals surface area contributed by atoms with Gasteiger partial charge in [0.05, 0.1) is 35.9 Å². The fourth-order valence-corrected chi connectivity index (χ4v) is 5.23. The summed E-state index contributed by atoms with van der Waals surface area (Å²) in [5, 5.41) is 4.37. The first-order valence-corrected chi connectivity index (χ1v) is 13.4. The molecule has 1 atom stereocenters. The van der Waals surface area contributed by atoms with Crippen LogP contribution in [0.3, 0.4) is 0 Å². The summed E-state index contributed by atoms with van der Waals surface area (Å²) in [6.07, 6.45) is 2.69. The highest BCUT2D eigenvalue weighted by Crippen LogP contribution is 2.21. The summed E-state index contributed by atoms with van der Waals surface area (Å²) in [5.74, 6) is 0.154. The first kappa shape index (κ1) is 25.4. The third kappa shape index (κ3) is 6.93. The Morgan fingerprint density at radius 1 is 1.09 bits per heavy atom. The van der Waals surface area contributed by atoms with Crippen molar-refractivity contribution in [3.05, 3.63) is 70.5 Å². The number of fused-ring (bicyclic) bond motifs is 1. The van der Waals surface area contributed by atoms with Crippen LogP contribution in [0.1, 0.15) is 37.8 Å². The number of aromatic nitrogens is 2. The molecule has 186 valence electrons. The Bertz CT molecular complexity index is 1160. The summed E-state index contributed by atoms with van der Waals surface area (Å²) in [4.78, 5) is 33.3. The number of carbonyl (C=O) groups excluding carboxylic acids is 1. The molecule has 0 aliphatic carbocycles. The highest BCUT2D eigenvalue weighted by Gasteiger charge is 2.17. The van der Waals surface area contributed by atoms with E-state index >= 15 is 0 Å². The van der Waals surface area contributed by atoms with Gasteiger partial charge in [0, 0.05) is 26.2 Å². The Hall–Kier alpha value is -2.68. The molecule has 1 aromatic heterocycles. The van der Waals surface area contributed by atoms with E-state index in [1.165, 1.54) is 11.8 Å². The number of nitrogens with one attached hydrogen (secondary N) is 1. The molecule has 35 heavy (non-hydrogen) atoms. The van der Waals surface area contributed by atoms with Crippen LogP contribution < -0.4 is 10.9 Å². The number of morpholine rings is 1. The predicted molar refractivity (Wildman–Crippen MR) is 141 cm³/mol. The Labute approximate surface area is 210 Å². The lowest BCUT2D eigenvalue weighted by Crippen LogP contribution is -2.37. The van der Waals surface area contributed by atoms with Crippen LogP contribution >= 0.6 is 11.8 Å². The quantitative estimate of drug-likeness (QED) is 0.322. The molecule has 1 unspecified atom stereocenters. The zero-order valence-electron chi connectivity index (χ0n) is 20.3. The number of para-hydroxylation sites is 1. The molecule has 1 aliphatic heterocycles. The zero-order chi connectivity index (χ0) is 24.5.